The Morgan fingerprint density at radius 2 is 1.70 bits per heavy atom. The number of quaternary nitrogens is 1. The van der Waals surface area contributed by atoms with Crippen molar-refractivity contribution in [3.63, 3.8) is 0 Å². The van der Waals surface area contributed by atoms with Crippen LogP contribution in [0.5, 0.6) is 0 Å². The summed E-state index contributed by atoms with van der Waals surface area (Å²) in [6, 6.07) is 0. The van der Waals surface area contributed by atoms with Gasteiger partial charge in [0.2, 0.25) is 0 Å². The van der Waals surface area contributed by atoms with Crippen LogP contribution in [0.2, 0.25) is 0 Å². The maximum atomic E-state index is 13.2. The van der Waals surface area contributed by atoms with E-state index in [4.69, 9.17) is 4.84 Å². The van der Waals surface area contributed by atoms with E-state index >= 15 is 0 Å². The van der Waals surface area contributed by atoms with Gasteiger partial charge in [-0.15, -0.1) is 0 Å². The Morgan fingerprint density at radius 3 is 2.42 bits per heavy atom. The van der Waals surface area contributed by atoms with Crippen LogP contribution in [-0.2, 0) is 4.84 Å². The lowest BCUT2D eigenvalue weighted by molar-refractivity contribution is -0.869. The Hall–Kier alpha value is -1.22. The van der Waals surface area contributed by atoms with E-state index in [0.717, 1.165) is 73.4 Å². The van der Waals surface area contributed by atoms with E-state index in [0.29, 0.717) is 30.3 Å². The Labute approximate surface area is 244 Å². The Kier molecular flexibility index (Phi) is 10.3. The number of hydrogen-bond acceptors (Lipinski definition) is 6. The zero-order valence-electron chi connectivity index (χ0n) is 26.7. The molecule has 8 heteroatoms. The number of aliphatic hydroxyl groups excluding tert-OH is 1. The van der Waals surface area contributed by atoms with Crippen molar-refractivity contribution >= 4 is 11.8 Å². The molecule has 230 valence electrons. The number of fused-ring (bicyclic) bond motifs is 5. The average molecular weight is 563 g/mol. The molecule has 0 radical (unpaired) electrons. The summed E-state index contributed by atoms with van der Waals surface area (Å²) < 4.78 is 0.795. The van der Waals surface area contributed by atoms with E-state index in [1.165, 1.54) is 38.5 Å². The summed E-state index contributed by atoms with van der Waals surface area (Å²) in [5.41, 5.74) is 1.63. The van der Waals surface area contributed by atoms with Gasteiger partial charge in [0, 0.05) is 32.1 Å². The van der Waals surface area contributed by atoms with Crippen LogP contribution >= 0.6 is 0 Å². The molecule has 4 rings (SSSR count). The number of carbonyl (C=O) groups is 1. The normalized spacial score (nSPS) is 37.9. The summed E-state index contributed by atoms with van der Waals surface area (Å²) in [7, 11) is 8.38. The average Bonchev–Trinajstić information content (AvgIpc) is 3.26. The first kappa shape index (κ1) is 31.7. The summed E-state index contributed by atoms with van der Waals surface area (Å²) in [4.78, 5) is 20.6. The molecule has 4 aliphatic carbocycles. The maximum absolute atomic E-state index is 13.2. The fourth-order valence-corrected chi connectivity index (χ4v) is 9.42. The van der Waals surface area contributed by atoms with Crippen LogP contribution in [-0.4, -0.2) is 99.9 Å². The first-order chi connectivity index (χ1) is 18.9. The topological polar surface area (TPSA) is 86.2 Å². The molecule has 4 saturated carbocycles. The smallest absolute Gasteiger partial charge is 0.393 e. The molecular formula is C32H60N5O3+. The number of rotatable bonds is 11. The van der Waals surface area contributed by atoms with Gasteiger partial charge in [-0.25, -0.2) is 4.79 Å². The number of oxime groups is 1. The van der Waals surface area contributed by atoms with Gasteiger partial charge in [-0.05, 0) is 106 Å². The van der Waals surface area contributed by atoms with Crippen molar-refractivity contribution < 1.29 is 19.2 Å². The zero-order chi connectivity index (χ0) is 29.1. The second-order valence-corrected chi connectivity index (χ2v) is 15.2. The van der Waals surface area contributed by atoms with Crippen molar-refractivity contribution in [2.75, 3.05) is 67.5 Å². The van der Waals surface area contributed by atoms with E-state index in [-0.39, 0.29) is 17.6 Å². The number of nitrogens with one attached hydrogen (secondary N) is 2. The van der Waals surface area contributed by atoms with Gasteiger partial charge in [0.1, 0.15) is 0 Å². The molecule has 0 bridgehead atoms. The minimum absolute atomic E-state index is 0.0843. The van der Waals surface area contributed by atoms with Gasteiger partial charge in [0.25, 0.3) is 0 Å². The molecule has 4 fully saturated rings. The lowest BCUT2D eigenvalue weighted by atomic mass is 9.44. The van der Waals surface area contributed by atoms with Crippen LogP contribution in [0.1, 0.15) is 78.6 Å². The largest absolute Gasteiger partial charge is 0.436 e. The van der Waals surface area contributed by atoms with Crippen LogP contribution in [0, 0.1) is 40.4 Å². The summed E-state index contributed by atoms with van der Waals surface area (Å²) in [5, 5.41) is 21.4. The molecule has 8 nitrogen and oxygen atoms in total. The van der Waals surface area contributed by atoms with Crippen LogP contribution in [0.15, 0.2) is 5.16 Å². The van der Waals surface area contributed by atoms with Crippen molar-refractivity contribution in [1.82, 2.24) is 15.5 Å². The van der Waals surface area contributed by atoms with Gasteiger partial charge in [-0.2, -0.15) is 0 Å². The predicted molar refractivity (Wildman–Crippen MR) is 162 cm³/mol. The highest BCUT2D eigenvalue weighted by Gasteiger charge is 2.60. The molecule has 3 N–H and O–H groups in total. The van der Waals surface area contributed by atoms with Crippen LogP contribution in [0.4, 0.5) is 4.79 Å². The molecular weight excluding hydrogens is 502 g/mol. The minimum atomic E-state index is -0.336. The van der Waals surface area contributed by atoms with Gasteiger partial charge in [0.15, 0.2) is 0 Å². The molecule has 1 amide bonds. The number of aliphatic hydroxyl groups is 1. The standard InChI is InChI=1S/C32H60N5O3/c1-23(35-40-30(39)36(20-21-37(5,6)7)19-18-34-17-16-33-4)27-10-11-28-26-9-8-24-22-25(38)12-14-31(24,2)29(26)13-15-32(27,28)3/h24-29,33-34,38H,8-22H2,1-7H3/q+1/b35-23+/t24-,25+,26-,27+,28-,29-,31-,32+/m0/s1. The van der Waals surface area contributed by atoms with E-state index in [9.17, 15) is 9.90 Å². The van der Waals surface area contributed by atoms with E-state index < -0.39 is 0 Å². The molecule has 0 heterocycles. The van der Waals surface area contributed by atoms with Gasteiger partial charge >= 0.3 is 6.09 Å². The maximum Gasteiger partial charge on any atom is 0.436 e. The molecule has 0 aromatic heterocycles. The Morgan fingerprint density at radius 1 is 0.975 bits per heavy atom. The van der Waals surface area contributed by atoms with Crippen molar-refractivity contribution in [2.24, 2.45) is 45.6 Å². The molecule has 0 aliphatic heterocycles. The van der Waals surface area contributed by atoms with Crippen LogP contribution in [0.25, 0.3) is 0 Å². The quantitative estimate of drug-likeness (QED) is 0.115. The first-order valence-electron chi connectivity index (χ1n) is 16.2. The molecule has 0 spiro atoms. The van der Waals surface area contributed by atoms with Crippen molar-refractivity contribution in [1.29, 1.82) is 0 Å². The van der Waals surface area contributed by atoms with Gasteiger partial charge in [-0.3, -0.25) is 9.74 Å². The Bertz CT molecular complexity index is 890. The predicted octanol–water partition coefficient (Wildman–Crippen LogP) is 4.34. The van der Waals surface area contributed by atoms with Gasteiger partial charge in [0.05, 0.1) is 46.0 Å². The van der Waals surface area contributed by atoms with Crippen LogP contribution in [0.3, 0.4) is 0 Å². The lowest BCUT2D eigenvalue weighted by Crippen LogP contribution is -2.54. The molecule has 8 atom stereocenters. The third-order valence-corrected chi connectivity index (χ3v) is 11.8. The third-order valence-electron chi connectivity index (χ3n) is 11.8. The lowest BCUT2D eigenvalue weighted by Gasteiger charge is -2.61. The monoisotopic (exact) mass is 562 g/mol. The SMILES string of the molecule is CNCCNCCN(CC[N+](C)(C)C)C(=O)O/N=C(\C)[C@H]1CC[C@H]2[C@@H]3CC[C@H]4C[C@H](O)CC[C@]4(C)[C@H]3CC[C@]12C. The summed E-state index contributed by atoms with van der Waals surface area (Å²) in [6.07, 6.45) is 10.3. The van der Waals surface area contributed by atoms with Crippen molar-refractivity contribution in [2.45, 2.75) is 84.7 Å². The third kappa shape index (κ3) is 6.87. The highest BCUT2D eigenvalue weighted by Crippen LogP contribution is 2.67. The minimum Gasteiger partial charge on any atom is -0.393 e. The van der Waals surface area contributed by atoms with E-state index in [1.54, 1.807) is 4.90 Å². The highest BCUT2D eigenvalue weighted by molar-refractivity contribution is 5.85. The van der Waals surface area contributed by atoms with Crippen LogP contribution < -0.4 is 10.6 Å². The van der Waals surface area contributed by atoms with Gasteiger partial charge in [-0.1, -0.05) is 19.0 Å². The fourth-order valence-electron chi connectivity index (χ4n) is 9.42. The number of carbonyl (C=O) groups excluding carboxylic acids is 1. The molecule has 0 unspecified atom stereocenters. The molecule has 0 aromatic carbocycles. The number of nitrogens with zero attached hydrogens (tertiary/aromatic N) is 3. The highest BCUT2D eigenvalue weighted by atomic mass is 16.7. The summed E-state index contributed by atoms with van der Waals surface area (Å²) in [6.45, 7) is 11.8. The molecule has 0 saturated heterocycles. The number of hydrogen-bond donors (Lipinski definition) is 3. The number of amides is 1. The number of likely N-dealkylation sites (N-methyl/N-ethyl adjacent to an activating group) is 2. The molecule has 4 aliphatic rings. The van der Waals surface area contributed by atoms with Gasteiger partial charge < -0.3 is 20.2 Å². The van der Waals surface area contributed by atoms with Crippen molar-refractivity contribution in [3.8, 4) is 0 Å². The summed E-state index contributed by atoms with van der Waals surface area (Å²) in [5.74, 6) is 3.39. The zero-order valence-corrected chi connectivity index (χ0v) is 26.7. The first-order valence-corrected chi connectivity index (χ1v) is 16.2. The molecule has 40 heavy (non-hydrogen) atoms. The second kappa shape index (κ2) is 13.0. The summed E-state index contributed by atoms with van der Waals surface area (Å²) >= 11 is 0. The van der Waals surface area contributed by atoms with E-state index in [2.05, 4.69) is 57.7 Å². The van der Waals surface area contributed by atoms with Crippen molar-refractivity contribution in [3.05, 3.63) is 0 Å². The molecule has 0 aromatic rings. The fraction of sp³-hybridized carbons (Fsp3) is 0.938. The Balaban J connectivity index is 1.38. The second-order valence-electron chi connectivity index (χ2n) is 15.2. The van der Waals surface area contributed by atoms with E-state index in [1.807, 2.05) is 7.05 Å².